The fourth-order valence-electron chi connectivity index (χ4n) is 5.15. The van der Waals surface area contributed by atoms with E-state index in [1.165, 1.54) is 5.56 Å². The van der Waals surface area contributed by atoms with E-state index in [-0.39, 0.29) is 23.3 Å². The predicted octanol–water partition coefficient (Wildman–Crippen LogP) is 5.33. The van der Waals surface area contributed by atoms with E-state index in [4.69, 9.17) is 5.41 Å². The van der Waals surface area contributed by atoms with Gasteiger partial charge >= 0.3 is 0 Å². The summed E-state index contributed by atoms with van der Waals surface area (Å²) in [6, 6.07) is 9.14. The minimum atomic E-state index is -0.685. The summed E-state index contributed by atoms with van der Waals surface area (Å²) in [7, 11) is 1.72. The third kappa shape index (κ3) is 7.10. The normalized spacial score (nSPS) is 16.7. The zero-order chi connectivity index (χ0) is 27.1. The number of ketones is 1. The Hall–Kier alpha value is -2.93. The molecule has 3 rings (SSSR count). The zero-order valence-corrected chi connectivity index (χ0v) is 23.2. The molecule has 1 heterocycles. The zero-order valence-electron chi connectivity index (χ0n) is 23.2. The predicted molar refractivity (Wildman–Crippen MR) is 149 cm³/mol. The van der Waals surface area contributed by atoms with Crippen LogP contribution >= 0.6 is 0 Å². The number of nitrogens with one attached hydrogen (secondary N) is 3. The standard InChI is InChI=1S/C30H43N5O2/c1-7-24(26-17-25(33-20(5)34-26)23-15-11-14-22(16-23)18(2)3)27(31)29(36)28(21-12-9-8-10-13-21)35-30(37)19(4)32-6/h11,14-19,21,24,28,31-32H,7-10,12-13H2,1-6H3,(H,35,37)/t19-,24-,28-/m0/s1. The molecule has 1 fully saturated rings. The van der Waals surface area contributed by atoms with Crippen LogP contribution in [0, 0.1) is 18.3 Å². The van der Waals surface area contributed by atoms with Crippen LogP contribution in [0.4, 0.5) is 0 Å². The lowest BCUT2D eigenvalue weighted by Gasteiger charge is -2.31. The Morgan fingerprint density at radius 1 is 1.08 bits per heavy atom. The molecule has 1 aliphatic carbocycles. The van der Waals surface area contributed by atoms with Gasteiger partial charge in [-0.3, -0.25) is 9.59 Å². The summed E-state index contributed by atoms with van der Waals surface area (Å²) < 4.78 is 0. The third-order valence-corrected chi connectivity index (χ3v) is 7.61. The summed E-state index contributed by atoms with van der Waals surface area (Å²) in [6.07, 6.45) is 5.56. The summed E-state index contributed by atoms with van der Waals surface area (Å²) in [5, 5.41) is 14.9. The largest absolute Gasteiger partial charge is 0.344 e. The summed E-state index contributed by atoms with van der Waals surface area (Å²) >= 11 is 0. The number of Topliss-reactive ketones (excluding diaryl/α,β-unsaturated/α-hetero) is 1. The van der Waals surface area contributed by atoms with Gasteiger partial charge in [0.1, 0.15) is 5.82 Å². The Morgan fingerprint density at radius 2 is 1.78 bits per heavy atom. The number of amides is 1. The summed E-state index contributed by atoms with van der Waals surface area (Å²) in [5.74, 6) is 0.0854. The summed E-state index contributed by atoms with van der Waals surface area (Å²) in [4.78, 5) is 35.9. The van der Waals surface area contributed by atoms with Crippen molar-refractivity contribution in [1.82, 2.24) is 20.6 Å². The molecule has 200 valence electrons. The molecule has 0 radical (unpaired) electrons. The maximum Gasteiger partial charge on any atom is 0.237 e. The molecule has 0 unspecified atom stereocenters. The average molecular weight is 506 g/mol. The van der Waals surface area contributed by atoms with Crippen LogP contribution in [0.2, 0.25) is 0 Å². The molecule has 37 heavy (non-hydrogen) atoms. The number of carbonyl (C=O) groups excluding carboxylic acids is 2. The quantitative estimate of drug-likeness (QED) is 0.358. The Kier molecular flexibility index (Phi) is 10.1. The highest BCUT2D eigenvalue weighted by atomic mass is 16.2. The van der Waals surface area contributed by atoms with Crippen LogP contribution in [0.3, 0.4) is 0 Å². The van der Waals surface area contributed by atoms with Crippen molar-refractivity contribution >= 4 is 17.4 Å². The molecule has 0 saturated heterocycles. The van der Waals surface area contributed by atoms with Crippen molar-refractivity contribution in [3.63, 3.8) is 0 Å². The maximum atomic E-state index is 13.8. The number of rotatable bonds is 11. The first-order valence-electron chi connectivity index (χ1n) is 13.7. The Morgan fingerprint density at radius 3 is 2.41 bits per heavy atom. The molecule has 3 atom stereocenters. The molecule has 2 aromatic rings. The Balaban J connectivity index is 1.93. The van der Waals surface area contributed by atoms with E-state index in [0.717, 1.165) is 43.4 Å². The highest BCUT2D eigenvalue weighted by molar-refractivity contribution is 6.42. The first-order valence-corrected chi connectivity index (χ1v) is 13.7. The van der Waals surface area contributed by atoms with Gasteiger partial charge < -0.3 is 16.0 Å². The van der Waals surface area contributed by atoms with Crippen molar-refractivity contribution in [2.24, 2.45) is 5.92 Å². The van der Waals surface area contributed by atoms with Gasteiger partial charge in [0.25, 0.3) is 0 Å². The monoisotopic (exact) mass is 505 g/mol. The van der Waals surface area contributed by atoms with Crippen LogP contribution in [-0.4, -0.2) is 46.5 Å². The van der Waals surface area contributed by atoms with Gasteiger partial charge in [0.2, 0.25) is 5.91 Å². The molecule has 1 aromatic carbocycles. The molecular weight excluding hydrogens is 462 g/mol. The minimum absolute atomic E-state index is 0.00969. The number of carbonyl (C=O) groups is 2. The second-order valence-electron chi connectivity index (χ2n) is 10.6. The van der Waals surface area contributed by atoms with Gasteiger partial charge in [0.15, 0.2) is 5.78 Å². The first kappa shape index (κ1) is 28.6. The number of nitrogens with zero attached hydrogens (tertiary/aromatic N) is 2. The van der Waals surface area contributed by atoms with Crippen molar-refractivity contribution in [2.75, 3.05) is 7.05 Å². The molecule has 1 saturated carbocycles. The molecule has 7 heteroatoms. The number of aryl methyl sites for hydroxylation is 1. The Labute approximate surface area is 221 Å². The molecule has 0 spiro atoms. The molecule has 3 N–H and O–H groups in total. The number of aromatic nitrogens is 2. The van der Waals surface area contributed by atoms with Crippen LogP contribution in [-0.2, 0) is 9.59 Å². The van der Waals surface area contributed by atoms with Crippen LogP contribution in [0.15, 0.2) is 30.3 Å². The van der Waals surface area contributed by atoms with Crippen molar-refractivity contribution in [3.8, 4) is 11.3 Å². The van der Waals surface area contributed by atoms with Gasteiger partial charge in [-0.1, -0.05) is 58.2 Å². The summed E-state index contributed by atoms with van der Waals surface area (Å²) in [5.41, 5.74) is 3.71. The van der Waals surface area contributed by atoms with Gasteiger partial charge in [0, 0.05) is 11.5 Å². The van der Waals surface area contributed by atoms with Crippen LogP contribution < -0.4 is 10.6 Å². The van der Waals surface area contributed by atoms with Gasteiger partial charge in [-0.05, 0) is 69.7 Å². The van der Waals surface area contributed by atoms with Crippen LogP contribution in [0.25, 0.3) is 11.3 Å². The average Bonchev–Trinajstić information content (AvgIpc) is 2.91. The van der Waals surface area contributed by atoms with Crippen molar-refractivity contribution in [2.45, 2.75) is 97.1 Å². The molecule has 0 bridgehead atoms. The second-order valence-corrected chi connectivity index (χ2v) is 10.6. The van der Waals surface area contributed by atoms with E-state index in [2.05, 4.69) is 46.6 Å². The Bertz CT molecular complexity index is 1110. The van der Waals surface area contributed by atoms with Crippen molar-refractivity contribution in [1.29, 1.82) is 5.41 Å². The van der Waals surface area contributed by atoms with Gasteiger partial charge in [-0.2, -0.15) is 0 Å². The fraction of sp³-hybridized carbons (Fsp3) is 0.567. The number of hydrogen-bond donors (Lipinski definition) is 3. The van der Waals surface area contributed by atoms with E-state index in [0.29, 0.717) is 23.9 Å². The van der Waals surface area contributed by atoms with E-state index in [1.807, 2.05) is 32.0 Å². The lowest BCUT2D eigenvalue weighted by molar-refractivity contribution is -0.127. The number of benzene rings is 1. The van der Waals surface area contributed by atoms with Crippen molar-refractivity contribution < 1.29 is 9.59 Å². The van der Waals surface area contributed by atoms with Gasteiger partial charge in [-0.15, -0.1) is 0 Å². The van der Waals surface area contributed by atoms with E-state index < -0.39 is 18.0 Å². The van der Waals surface area contributed by atoms with Crippen molar-refractivity contribution in [3.05, 3.63) is 47.4 Å². The minimum Gasteiger partial charge on any atom is -0.344 e. The maximum absolute atomic E-state index is 13.8. The molecule has 7 nitrogen and oxygen atoms in total. The number of likely N-dealkylation sites (N-methyl/N-ethyl adjacent to an activating group) is 1. The molecule has 0 aliphatic heterocycles. The molecule has 1 aliphatic rings. The van der Waals surface area contributed by atoms with Gasteiger partial charge in [0.05, 0.1) is 29.2 Å². The van der Waals surface area contributed by atoms with Crippen LogP contribution in [0.5, 0.6) is 0 Å². The summed E-state index contributed by atoms with van der Waals surface area (Å²) in [6.45, 7) is 9.92. The number of hydrogen-bond acceptors (Lipinski definition) is 6. The smallest absolute Gasteiger partial charge is 0.237 e. The van der Waals surface area contributed by atoms with E-state index in [9.17, 15) is 9.59 Å². The molecular formula is C30H43N5O2. The SMILES string of the molecule is CC[C@H](C(=N)C(=O)[C@@H](NC(=O)[C@H](C)NC)C1CCCCC1)c1cc(-c2cccc(C(C)C)c2)nc(C)n1. The lowest BCUT2D eigenvalue weighted by atomic mass is 9.79. The molecule has 1 amide bonds. The third-order valence-electron chi connectivity index (χ3n) is 7.61. The molecule has 1 aromatic heterocycles. The lowest BCUT2D eigenvalue weighted by Crippen LogP contribution is -2.53. The van der Waals surface area contributed by atoms with E-state index >= 15 is 0 Å². The topological polar surface area (TPSA) is 108 Å². The van der Waals surface area contributed by atoms with E-state index in [1.54, 1.807) is 14.0 Å². The second kappa shape index (κ2) is 13.0. The highest BCUT2D eigenvalue weighted by Gasteiger charge is 2.36. The van der Waals surface area contributed by atoms with Gasteiger partial charge in [-0.25, -0.2) is 9.97 Å². The fourth-order valence-corrected chi connectivity index (χ4v) is 5.15. The van der Waals surface area contributed by atoms with Crippen LogP contribution in [0.1, 0.15) is 95.1 Å². The first-order chi connectivity index (χ1) is 17.7. The highest BCUT2D eigenvalue weighted by Crippen LogP contribution is 2.30.